The van der Waals surface area contributed by atoms with E-state index in [1.165, 1.54) is 0 Å². The summed E-state index contributed by atoms with van der Waals surface area (Å²) in [5.41, 5.74) is -0.0423. The van der Waals surface area contributed by atoms with Gasteiger partial charge in [-0.25, -0.2) is 0 Å². The third-order valence-electron chi connectivity index (χ3n) is 9.70. The number of hydrogen-bond donors (Lipinski definition) is 1. The van der Waals surface area contributed by atoms with Crippen molar-refractivity contribution in [1.82, 2.24) is 19.6 Å². The molecule has 0 radical (unpaired) electrons. The number of fused-ring (bicyclic) bond motifs is 1. The lowest BCUT2D eigenvalue weighted by atomic mass is 9.70. The summed E-state index contributed by atoms with van der Waals surface area (Å²) in [7, 11) is 0. The van der Waals surface area contributed by atoms with Crippen molar-refractivity contribution in [3.63, 3.8) is 0 Å². The van der Waals surface area contributed by atoms with Gasteiger partial charge in [0.15, 0.2) is 0 Å². The van der Waals surface area contributed by atoms with Gasteiger partial charge in [-0.1, -0.05) is 42.5 Å². The molecule has 1 aromatic rings. The van der Waals surface area contributed by atoms with Crippen LogP contribution >= 0.6 is 0 Å². The lowest BCUT2D eigenvalue weighted by Gasteiger charge is -2.37. The standard InChI is InChI=1S/C34H48N4O6/c1-3-15-36(19-18-35-20-23-43-24-21-35)33(42)30-34-14-13-27(44-34)28(29(34)32(41)38(30)17-9-6-10-22-39)31(40)37(16-4-2)25-26-11-7-5-8-12-26/h3-5,7-8,11-12,27-30,39H,1-2,6,9-10,13-25H2/t27-,28+,29-,30?,34?/m0/s1. The highest BCUT2D eigenvalue weighted by molar-refractivity contribution is 5.99. The molecule has 2 bridgehead atoms. The molecule has 4 fully saturated rings. The van der Waals surface area contributed by atoms with E-state index in [9.17, 15) is 19.5 Å². The van der Waals surface area contributed by atoms with Gasteiger partial charge in [-0.05, 0) is 37.7 Å². The maximum absolute atomic E-state index is 14.5. The zero-order chi connectivity index (χ0) is 31.1. The molecular formula is C34H48N4O6. The predicted molar refractivity (Wildman–Crippen MR) is 166 cm³/mol. The predicted octanol–water partition coefficient (Wildman–Crippen LogP) is 2.09. The quantitative estimate of drug-likeness (QED) is 0.227. The Kier molecular flexibility index (Phi) is 10.9. The summed E-state index contributed by atoms with van der Waals surface area (Å²) in [6.07, 6.45) is 6.25. The summed E-state index contributed by atoms with van der Waals surface area (Å²) < 4.78 is 12.2. The van der Waals surface area contributed by atoms with Gasteiger partial charge < -0.3 is 29.3 Å². The first-order valence-corrected chi connectivity index (χ1v) is 16.2. The van der Waals surface area contributed by atoms with Gasteiger partial charge in [0, 0.05) is 59.0 Å². The number of aliphatic hydroxyl groups excluding tert-OH is 1. The van der Waals surface area contributed by atoms with Crippen LogP contribution in [0.1, 0.15) is 37.7 Å². The van der Waals surface area contributed by atoms with E-state index in [2.05, 4.69) is 18.1 Å². The third kappa shape index (κ3) is 6.49. The molecule has 1 aromatic carbocycles. The number of rotatable bonds is 16. The van der Waals surface area contributed by atoms with Crippen molar-refractivity contribution in [3.05, 3.63) is 61.2 Å². The fourth-order valence-electron chi connectivity index (χ4n) is 7.64. The van der Waals surface area contributed by atoms with E-state index >= 15 is 0 Å². The molecule has 0 aromatic heterocycles. The van der Waals surface area contributed by atoms with Gasteiger partial charge in [0.1, 0.15) is 11.6 Å². The molecule has 4 heterocycles. The van der Waals surface area contributed by atoms with Gasteiger partial charge in [0.05, 0.1) is 31.2 Å². The average molecular weight is 609 g/mol. The molecule has 0 aliphatic carbocycles. The van der Waals surface area contributed by atoms with Crippen molar-refractivity contribution in [3.8, 4) is 0 Å². The van der Waals surface area contributed by atoms with E-state index in [0.717, 1.165) is 25.1 Å². The van der Waals surface area contributed by atoms with E-state index in [0.29, 0.717) is 78.2 Å². The van der Waals surface area contributed by atoms with Crippen LogP contribution in [0.5, 0.6) is 0 Å². The van der Waals surface area contributed by atoms with E-state index < -0.39 is 29.6 Å². The maximum Gasteiger partial charge on any atom is 0.248 e. The molecular weight excluding hydrogens is 560 g/mol. The number of nitrogens with zero attached hydrogens (tertiary/aromatic N) is 4. The second kappa shape index (κ2) is 14.8. The largest absolute Gasteiger partial charge is 0.396 e. The average Bonchev–Trinajstić information content (AvgIpc) is 3.69. The zero-order valence-corrected chi connectivity index (χ0v) is 25.9. The van der Waals surface area contributed by atoms with Crippen molar-refractivity contribution >= 4 is 17.7 Å². The highest BCUT2D eigenvalue weighted by atomic mass is 16.5. The molecule has 4 saturated heterocycles. The summed E-state index contributed by atoms with van der Waals surface area (Å²) in [6.45, 7) is 13.6. The second-order valence-corrected chi connectivity index (χ2v) is 12.4. The molecule has 2 unspecified atom stereocenters. The summed E-state index contributed by atoms with van der Waals surface area (Å²) in [4.78, 5) is 50.7. The smallest absolute Gasteiger partial charge is 0.248 e. The molecule has 0 saturated carbocycles. The summed E-state index contributed by atoms with van der Waals surface area (Å²) in [5.74, 6) is -1.80. The Morgan fingerprint density at radius 1 is 1.00 bits per heavy atom. The highest BCUT2D eigenvalue weighted by Crippen LogP contribution is 2.59. The van der Waals surface area contributed by atoms with E-state index in [4.69, 9.17) is 9.47 Å². The Balaban J connectivity index is 1.42. The van der Waals surface area contributed by atoms with Crippen LogP contribution in [0.15, 0.2) is 55.6 Å². The number of hydrogen-bond acceptors (Lipinski definition) is 7. The number of carbonyl (C=O) groups excluding carboxylic acids is 3. The molecule has 5 atom stereocenters. The Bertz CT molecular complexity index is 1170. The minimum Gasteiger partial charge on any atom is -0.396 e. The maximum atomic E-state index is 14.5. The minimum atomic E-state index is -1.04. The van der Waals surface area contributed by atoms with Crippen molar-refractivity contribution in [2.24, 2.45) is 11.8 Å². The van der Waals surface area contributed by atoms with E-state index in [-0.39, 0.29) is 24.3 Å². The number of amides is 3. The molecule has 10 heteroatoms. The number of morpholine rings is 1. The normalized spacial score (nSPS) is 27.8. The van der Waals surface area contributed by atoms with E-state index in [1.807, 2.05) is 30.3 Å². The van der Waals surface area contributed by atoms with Crippen LogP contribution < -0.4 is 0 Å². The first kappa shape index (κ1) is 32.3. The summed E-state index contributed by atoms with van der Waals surface area (Å²) in [5, 5.41) is 9.33. The van der Waals surface area contributed by atoms with Crippen LogP contribution in [0.25, 0.3) is 0 Å². The van der Waals surface area contributed by atoms with Crippen molar-refractivity contribution in [2.75, 3.05) is 65.6 Å². The SMILES string of the molecule is C=CCN(CCN1CCOCC1)C(=O)C1N(CCCCCO)C(=O)[C@@H]2[C@H](C(=O)N(CC=C)Cc3ccccc3)[C@@H]3CCC12O3. The van der Waals surface area contributed by atoms with Gasteiger partial charge in [0.2, 0.25) is 17.7 Å². The lowest BCUT2D eigenvalue weighted by molar-refractivity contribution is -0.149. The number of benzene rings is 1. The fourth-order valence-corrected chi connectivity index (χ4v) is 7.64. The van der Waals surface area contributed by atoms with Gasteiger partial charge in [-0.2, -0.15) is 0 Å². The molecule has 5 rings (SSSR count). The lowest BCUT2D eigenvalue weighted by Crippen LogP contribution is -2.57. The van der Waals surface area contributed by atoms with Crippen LogP contribution in [-0.4, -0.2) is 126 Å². The van der Waals surface area contributed by atoms with Crippen LogP contribution in [-0.2, 0) is 30.4 Å². The number of ether oxygens (including phenoxy) is 2. The molecule has 1 N–H and O–H groups in total. The molecule has 4 aliphatic heterocycles. The molecule has 44 heavy (non-hydrogen) atoms. The Morgan fingerprint density at radius 2 is 1.73 bits per heavy atom. The minimum absolute atomic E-state index is 0.0828. The van der Waals surface area contributed by atoms with Crippen LogP contribution in [0.2, 0.25) is 0 Å². The topological polar surface area (TPSA) is 103 Å². The first-order valence-electron chi connectivity index (χ1n) is 16.2. The molecule has 3 amide bonds. The molecule has 4 aliphatic rings. The highest BCUT2D eigenvalue weighted by Gasteiger charge is 2.74. The van der Waals surface area contributed by atoms with Crippen LogP contribution in [0.4, 0.5) is 0 Å². The van der Waals surface area contributed by atoms with Crippen molar-refractivity contribution < 1.29 is 29.0 Å². The molecule has 10 nitrogen and oxygen atoms in total. The second-order valence-electron chi connectivity index (χ2n) is 12.4. The number of aliphatic hydroxyl groups is 1. The van der Waals surface area contributed by atoms with Crippen molar-refractivity contribution in [1.29, 1.82) is 0 Å². The summed E-state index contributed by atoms with van der Waals surface area (Å²) >= 11 is 0. The Labute approximate surface area is 261 Å². The zero-order valence-electron chi connectivity index (χ0n) is 25.9. The van der Waals surface area contributed by atoms with Crippen LogP contribution in [0.3, 0.4) is 0 Å². The fraction of sp³-hybridized carbons (Fsp3) is 0.618. The number of likely N-dealkylation sites (tertiary alicyclic amines) is 1. The van der Waals surface area contributed by atoms with Gasteiger partial charge in [0.25, 0.3) is 0 Å². The molecule has 1 spiro atoms. The van der Waals surface area contributed by atoms with Gasteiger partial charge in [-0.15, -0.1) is 13.2 Å². The van der Waals surface area contributed by atoms with Crippen molar-refractivity contribution in [2.45, 2.75) is 56.4 Å². The Morgan fingerprint density at radius 3 is 2.43 bits per heavy atom. The molecule has 240 valence electrons. The van der Waals surface area contributed by atoms with E-state index in [1.54, 1.807) is 26.9 Å². The monoisotopic (exact) mass is 608 g/mol. The van der Waals surface area contributed by atoms with Gasteiger partial charge in [-0.3, -0.25) is 19.3 Å². The number of unbranched alkanes of at least 4 members (excludes halogenated alkanes) is 2. The Hall–Kier alpha value is -3.05. The van der Waals surface area contributed by atoms with Crippen LogP contribution in [0, 0.1) is 11.8 Å². The number of carbonyl (C=O) groups is 3. The van der Waals surface area contributed by atoms with Gasteiger partial charge >= 0.3 is 0 Å². The third-order valence-corrected chi connectivity index (χ3v) is 9.70. The first-order chi connectivity index (χ1) is 21.4. The summed E-state index contributed by atoms with van der Waals surface area (Å²) in [6, 6.07) is 9.00.